The highest BCUT2D eigenvalue weighted by molar-refractivity contribution is 5.93. The number of piperazine rings is 1. The van der Waals surface area contributed by atoms with Crippen molar-refractivity contribution >= 4 is 35.2 Å². The highest BCUT2D eigenvalue weighted by Crippen LogP contribution is 2.34. The normalized spacial score (nSPS) is 20.2. The Bertz CT molecular complexity index is 1740. The minimum atomic E-state index is -0.793. The molecule has 2 fully saturated rings. The summed E-state index contributed by atoms with van der Waals surface area (Å²) in [6.45, 7) is 6.93. The maximum atomic E-state index is 14.4. The van der Waals surface area contributed by atoms with E-state index >= 15 is 0 Å². The Labute approximate surface area is 286 Å². The number of anilines is 1. The van der Waals surface area contributed by atoms with Crippen LogP contribution in [0.15, 0.2) is 97.6 Å². The smallest absolute Gasteiger partial charge is 0.411 e. The molecule has 3 aromatic carbocycles. The molecule has 0 bridgehead atoms. The maximum absolute atomic E-state index is 14.4. The molecule has 49 heavy (non-hydrogen) atoms. The summed E-state index contributed by atoms with van der Waals surface area (Å²) < 4.78 is 5.34. The second-order valence-electron chi connectivity index (χ2n) is 12.7. The number of benzene rings is 3. The SMILES string of the molecule is C=CCN(C(=O)NC)N1CC(=O)N2[C@@H](Cc3ccc(NC(=O)OCc4ccccc4)cc3)C(=O)N(CC3=CC(C)Cc4ccccc43)C[C@@H]21. The molecule has 3 aromatic rings. The third-order valence-corrected chi connectivity index (χ3v) is 9.22. The van der Waals surface area contributed by atoms with E-state index in [1.54, 1.807) is 35.2 Å². The fourth-order valence-electron chi connectivity index (χ4n) is 6.96. The van der Waals surface area contributed by atoms with E-state index in [0.717, 1.165) is 28.7 Å². The molecule has 2 saturated heterocycles. The first-order chi connectivity index (χ1) is 23.7. The van der Waals surface area contributed by atoms with Gasteiger partial charge in [-0.05, 0) is 52.3 Å². The Morgan fingerprint density at radius 3 is 2.47 bits per heavy atom. The van der Waals surface area contributed by atoms with Gasteiger partial charge in [0.15, 0.2) is 0 Å². The summed E-state index contributed by atoms with van der Waals surface area (Å²) in [5.41, 5.74) is 5.71. The number of carbonyl (C=O) groups is 4. The van der Waals surface area contributed by atoms with Crippen LogP contribution in [-0.2, 0) is 33.8 Å². The molecule has 2 aliphatic heterocycles. The molecular weight excluding hydrogens is 620 g/mol. The van der Waals surface area contributed by atoms with Crippen molar-refractivity contribution in [2.75, 3.05) is 38.5 Å². The Morgan fingerprint density at radius 1 is 1.00 bits per heavy atom. The quantitative estimate of drug-likeness (QED) is 0.305. The summed E-state index contributed by atoms with van der Waals surface area (Å²) >= 11 is 0. The van der Waals surface area contributed by atoms with Crippen molar-refractivity contribution in [3.05, 3.63) is 120 Å². The second-order valence-corrected chi connectivity index (χ2v) is 12.7. The van der Waals surface area contributed by atoms with Crippen molar-refractivity contribution in [3.8, 4) is 0 Å². The molecule has 254 valence electrons. The molecule has 1 aliphatic carbocycles. The number of nitrogens with zero attached hydrogens (tertiary/aromatic N) is 4. The van der Waals surface area contributed by atoms with Crippen molar-refractivity contribution in [1.82, 2.24) is 25.1 Å². The van der Waals surface area contributed by atoms with Gasteiger partial charge in [-0.15, -0.1) is 6.58 Å². The van der Waals surface area contributed by atoms with Crippen LogP contribution in [-0.4, -0.2) is 89.2 Å². The molecule has 1 unspecified atom stereocenters. The number of rotatable bonds is 10. The summed E-state index contributed by atoms with van der Waals surface area (Å²) in [7, 11) is 1.54. The molecule has 3 atom stereocenters. The number of hydrogen-bond acceptors (Lipinski definition) is 6. The van der Waals surface area contributed by atoms with E-state index in [2.05, 4.69) is 42.3 Å². The molecule has 3 aliphatic rings. The van der Waals surface area contributed by atoms with Crippen LogP contribution in [0, 0.1) is 5.92 Å². The summed E-state index contributed by atoms with van der Waals surface area (Å²) in [5.74, 6) is -0.0538. The summed E-state index contributed by atoms with van der Waals surface area (Å²) in [6, 6.07) is 23.7. The number of ether oxygens (including phenoxy) is 1. The van der Waals surface area contributed by atoms with E-state index < -0.39 is 18.3 Å². The predicted molar refractivity (Wildman–Crippen MR) is 187 cm³/mol. The van der Waals surface area contributed by atoms with Crippen molar-refractivity contribution in [3.63, 3.8) is 0 Å². The first-order valence-corrected chi connectivity index (χ1v) is 16.6. The molecule has 0 spiro atoms. The first-order valence-electron chi connectivity index (χ1n) is 16.6. The molecule has 2 N–H and O–H groups in total. The van der Waals surface area contributed by atoms with Gasteiger partial charge in [0, 0.05) is 25.7 Å². The maximum Gasteiger partial charge on any atom is 0.411 e. The topological polar surface area (TPSA) is 115 Å². The Hall–Kier alpha value is -5.42. The molecular formula is C38H42N6O5. The van der Waals surface area contributed by atoms with Gasteiger partial charge in [0.2, 0.25) is 11.8 Å². The third kappa shape index (κ3) is 7.36. The number of carbonyl (C=O) groups excluding carboxylic acids is 4. The van der Waals surface area contributed by atoms with Gasteiger partial charge in [0.05, 0.1) is 19.6 Å². The van der Waals surface area contributed by atoms with E-state index in [-0.39, 0.29) is 50.5 Å². The number of urea groups is 1. The molecule has 0 radical (unpaired) electrons. The highest BCUT2D eigenvalue weighted by atomic mass is 16.5. The summed E-state index contributed by atoms with van der Waals surface area (Å²) in [5, 5.41) is 8.63. The Balaban J connectivity index is 1.24. The monoisotopic (exact) mass is 662 g/mol. The first kappa shape index (κ1) is 33.5. The molecule has 5 amide bonds. The molecule has 0 saturated carbocycles. The van der Waals surface area contributed by atoms with E-state index in [0.29, 0.717) is 18.2 Å². The van der Waals surface area contributed by atoms with Crippen molar-refractivity contribution in [1.29, 1.82) is 0 Å². The largest absolute Gasteiger partial charge is 0.444 e. The van der Waals surface area contributed by atoms with Crippen molar-refractivity contribution in [2.45, 2.75) is 38.6 Å². The lowest BCUT2D eigenvalue weighted by molar-refractivity contribution is -0.155. The van der Waals surface area contributed by atoms with Crippen LogP contribution in [0.4, 0.5) is 15.3 Å². The average Bonchev–Trinajstić information content (AvgIpc) is 3.43. The van der Waals surface area contributed by atoms with E-state index in [1.807, 2.05) is 59.5 Å². The standard InChI is InChI=1S/C38H42N6O5/c1-4-18-42(37(47)39-3)43-24-35(45)44-33(21-27-14-16-31(17-15-27)40-38(48)49-25-28-10-6-5-7-11-28)36(46)41(23-34(43)44)22-30-20-26(2)19-29-12-8-9-13-32(29)30/h4-17,20,26,33-34H,1,18-19,21-25H2,2-3H3,(H,39,47)(H,40,48)/t26?,33-,34+/m0/s1. The van der Waals surface area contributed by atoms with E-state index in [9.17, 15) is 19.2 Å². The number of nitrogens with one attached hydrogen (secondary N) is 2. The second kappa shape index (κ2) is 14.8. The van der Waals surface area contributed by atoms with Gasteiger partial charge in [0.25, 0.3) is 0 Å². The zero-order valence-corrected chi connectivity index (χ0v) is 27.9. The average molecular weight is 663 g/mol. The molecule has 11 nitrogen and oxygen atoms in total. The van der Waals surface area contributed by atoms with Gasteiger partial charge in [-0.1, -0.05) is 85.8 Å². The number of allylic oxidation sites excluding steroid dienone is 1. The van der Waals surface area contributed by atoms with Crippen LogP contribution in [0.25, 0.3) is 5.57 Å². The predicted octanol–water partition coefficient (Wildman–Crippen LogP) is 4.68. The third-order valence-electron chi connectivity index (χ3n) is 9.22. The van der Waals surface area contributed by atoms with Gasteiger partial charge in [-0.25, -0.2) is 9.59 Å². The lowest BCUT2D eigenvalue weighted by Crippen LogP contribution is -2.66. The Morgan fingerprint density at radius 2 is 1.73 bits per heavy atom. The van der Waals surface area contributed by atoms with E-state index in [1.165, 1.54) is 10.6 Å². The fraction of sp³-hybridized carbons (Fsp3) is 0.316. The minimum absolute atomic E-state index is 0.0416. The van der Waals surface area contributed by atoms with Gasteiger partial charge >= 0.3 is 12.1 Å². The summed E-state index contributed by atoms with van der Waals surface area (Å²) in [4.78, 5) is 56.9. The minimum Gasteiger partial charge on any atom is -0.444 e. The number of fused-ring (bicyclic) bond motifs is 2. The molecule has 0 aromatic heterocycles. The van der Waals surface area contributed by atoms with Crippen LogP contribution >= 0.6 is 0 Å². The van der Waals surface area contributed by atoms with Crippen LogP contribution in [0.5, 0.6) is 0 Å². The van der Waals surface area contributed by atoms with Crippen LogP contribution in [0.1, 0.15) is 29.2 Å². The van der Waals surface area contributed by atoms with Crippen LogP contribution in [0.3, 0.4) is 0 Å². The Kier molecular flexibility index (Phi) is 10.1. The highest BCUT2D eigenvalue weighted by Gasteiger charge is 2.52. The van der Waals surface area contributed by atoms with Gasteiger partial charge in [-0.2, -0.15) is 5.01 Å². The lowest BCUT2D eigenvalue weighted by Gasteiger charge is -2.46. The van der Waals surface area contributed by atoms with Crippen molar-refractivity contribution in [2.24, 2.45) is 5.92 Å². The zero-order valence-electron chi connectivity index (χ0n) is 27.9. The molecule has 6 rings (SSSR count). The molecule has 11 heteroatoms. The zero-order chi connectivity index (χ0) is 34.5. The number of hydrazine groups is 1. The summed E-state index contributed by atoms with van der Waals surface area (Å²) in [6.07, 6.45) is 3.92. The van der Waals surface area contributed by atoms with Crippen molar-refractivity contribution < 1.29 is 23.9 Å². The number of hydrogen-bond donors (Lipinski definition) is 2. The van der Waals surface area contributed by atoms with Gasteiger partial charge < -0.3 is 19.9 Å². The van der Waals surface area contributed by atoms with Crippen LogP contribution in [0.2, 0.25) is 0 Å². The van der Waals surface area contributed by atoms with Gasteiger partial charge in [-0.3, -0.25) is 19.9 Å². The van der Waals surface area contributed by atoms with Gasteiger partial charge in [0.1, 0.15) is 18.8 Å². The van der Waals surface area contributed by atoms with Crippen LogP contribution < -0.4 is 10.6 Å². The lowest BCUT2D eigenvalue weighted by atomic mass is 9.85. The number of amides is 5. The van der Waals surface area contributed by atoms with E-state index in [4.69, 9.17) is 4.74 Å². The molecule has 2 heterocycles. The fourth-order valence-corrected chi connectivity index (χ4v) is 6.96.